The third-order valence-corrected chi connectivity index (χ3v) is 3.97. The summed E-state index contributed by atoms with van der Waals surface area (Å²) in [7, 11) is 1.63. The predicted molar refractivity (Wildman–Crippen MR) is 84.7 cm³/mol. The van der Waals surface area contributed by atoms with Crippen molar-refractivity contribution in [2.75, 3.05) is 20.2 Å². The average molecular weight is 304 g/mol. The molecule has 1 unspecified atom stereocenters. The van der Waals surface area contributed by atoms with Crippen molar-refractivity contribution >= 4 is 11.8 Å². The quantitative estimate of drug-likeness (QED) is 0.899. The largest absolute Gasteiger partial charge is 0.497 e. The van der Waals surface area contributed by atoms with Crippen LogP contribution in [0.15, 0.2) is 24.3 Å². The third-order valence-electron chi connectivity index (χ3n) is 3.97. The summed E-state index contributed by atoms with van der Waals surface area (Å²) in [4.78, 5) is 26.2. The molecular formula is C17H24N2O3. The molecule has 5 heteroatoms. The number of carbonyl (C=O) groups excluding carboxylic acids is 2. The van der Waals surface area contributed by atoms with Crippen molar-refractivity contribution in [1.82, 2.24) is 10.2 Å². The zero-order valence-corrected chi connectivity index (χ0v) is 13.5. The van der Waals surface area contributed by atoms with Crippen LogP contribution in [0, 0.1) is 5.92 Å². The van der Waals surface area contributed by atoms with E-state index in [0.29, 0.717) is 25.9 Å². The highest BCUT2D eigenvalue weighted by Crippen LogP contribution is 2.18. The number of ether oxygens (including phenoxy) is 1. The lowest BCUT2D eigenvalue weighted by Gasteiger charge is -2.37. The Bertz CT molecular complexity index is 542. The van der Waals surface area contributed by atoms with E-state index in [-0.39, 0.29) is 23.8 Å². The van der Waals surface area contributed by atoms with Crippen LogP contribution < -0.4 is 10.1 Å². The van der Waals surface area contributed by atoms with Gasteiger partial charge in [0.1, 0.15) is 11.8 Å². The van der Waals surface area contributed by atoms with Gasteiger partial charge in [-0.15, -0.1) is 0 Å². The van der Waals surface area contributed by atoms with Crippen molar-refractivity contribution in [2.24, 2.45) is 5.92 Å². The number of benzene rings is 1. The monoisotopic (exact) mass is 304 g/mol. The molecule has 1 atom stereocenters. The highest BCUT2D eigenvalue weighted by atomic mass is 16.5. The minimum Gasteiger partial charge on any atom is -0.497 e. The van der Waals surface area contributed by atoms with Gasteiger partial charge in [0.2, 0.25) is 11.8 Å². The fraction of sp³-hybridized carbons (Fsp3) is 0.529. The van der Waals surface area contributed by atoms with Crippen molar-refractivity contribution in [1.29, 1.82) is 0 Å². The van der Waals surface area contributed by atoms with E-state index in [0.717, 1.165) is 11.3 Å². The number of piperazine rings is 1. The van der Waals surface area contributed by atoms with E-state index < -0.39 is 0 Å². The SMILES string of the molecule is COc1cccc(CCC(=O)N2CCNC(=O)C2C(C)C)c1. The summed E-state index contributed by atoms with van der Waals surface area (Å²) in [6, 6.07) is 7.37. The molecular weight excluding hydrogens is 280 g/mol. The predicted octanol–water partition coefficient (Wildman–Crippen LogP) is 1.61. The lowest BCUT2D eigenvalue weighted by molar-refractivity contribution is -0.145. The van der Waals surface area contributed by atoms with E-state index >= 15 is 0 Å². The summed E-state index contributed by atoms with van der Waals surface area (Å²) in [5.74, 6) is 0.899. The van der Waals surface area contributed by atoms with E-state index in [9.17, 15) is 9.59 Å². The van der Waals surface area contributed by atoms with Gasteiger partial charge in [0.05, 0.1) is 7.11 Å². The number of hydrogen-bond acceptors (Lipinski definition) is 3. The van der Waals surface area contributed by atoms with E-state index in [1.807, 2.05) is 38.1 Å². The van der Waals surface area contributed by atoms with Gasteiger partial charge in [-0.25, -0.2) is 0 Å². The summed E-state index contributed by atoms with van der Waals surface area (Å²) in [5, 5.41) is 2.84. The third kappa shape index (κ3) is 3.78. The summed E-state index contributed by atoms with van der Waals surface area (Å²) >= 11 is 0. The minimum atomic E-state index is -0.355. The fourth-order valence-electron chi connectivity index (χ4n) is 2.85. The van der Waals surface area contributed by atoms with E-state index in [1.54, 1.807) is 12.0 Å². The molecule has 1 saturated heterocycles. The van der Waals surface area contributed by atoms with Gasteiger partial charge in [-0.2, -0.15) is 0 Å². The standard InChI is InChI=1S/C17H24N2O3/c1-12(2)16-17(21)18-9-10-19(16)15(20)8-7-13-5-4-6-14(11-13)22-3/h4-6,11-12,16H,7-10H2,1-3H3,(H,18,21). The van der Waals surface area contributed by atoms with Gasteiger partial charge < -0.3 is 15.0 Å². The summed E-state index contributed by atoms with van der Waals surface area (Å²) in [6.45, 7) is 5.06. The Kier molecular flexibility index (Phi) is 5.41. The molecule has 5 nitrogen and oxygen atoms in total. The van der Waals surface area contributed by atoms with Crippen LogP contribution in [0.1, 0.15) is 25.8 Å². The first kappa shape index (κ1) is 16.3. The Morgan fingerprint density at radius 1 is 1.45 bits per heavy atom. The van der Waals surface area contributed by atoms with Gasteiger partial charge in [-0.3, -0.25) is 9.59 Å². The van der Waals surface area contributed by atoms with Crippen LogP contribution in [0.2, 0.25) is 0 Å². The van der Waals surface area contributed by atoms with Crippen molar-refractivity contribution in [3.63, 3.8) is 0 Å². The van der Waals surface area contributed by atoms with Crippen LogP contribution >= 0.6 is 0 Å². The normalized spacial score (nSPS) is 18.3. The van der Waals surface area contributed by atoms with Crippen molar-refractivity contribution < 1.29 is 14.3 Å². The Morgan fingerprint density at radius 2 is 2.23 bits per heavy atom. The highest BCUT2D eigenvalue weighted by molar-refractivity contribution is 5.89. The molecule has 2 amide bonds. The molecule has 0 aliphatic carbocycles. The molecule has 2 rings (SSSR count). The number of hydrogen-bond donors (Lipinski definition) is 1. The molecule has 0 aromatic heterocycles. The molecule has 120 valence electrons. The molecule has 1 heterocycles. The molecule has 1 aliphatic heterocycles. The number of carbonyl (C=O) groups is 2. The number of amides is 2. The van der Waals surface area contributed by atoms with E-state index in [2.05, 4.69) is 5.32 Å². The number of rotatable bonds is 5. The first-order valence-corrected chi connectivity index (χ1v) is 7.73. The molecule has 1 fully saturated rings. The van der Waals surface area contributed by atoms with Gasteiger partial charge in [-0.1, -0.05) is 26.0 Å². The summed E-state index contributed by atoms with van der Waals surface area (Å²) in [5.41, 5.74) is 1.07. The van der Waals surface area contributed by atoms with E-state index in [1.165, 1.54) is 0 Å². The van der Waals surface area contributed by atoms with Crippen LogP contribution in [0.25, 0.3) is 0 Å². The highest BCUT2D eigenvalue weighted by Gasteiger charge is 2.34. The lowest BCUT2D eigenvalue weighted by Crippen LogP contribution is -2.59. The Balaban J connectivity index is 1.99. The number of methoxy groups -OCH3 is 1. The zero-order chi connectivity index (χ0) is 16.1. The number of nitrogens with one attached hydrogen (secondary N) is 1. The maximum Gasteiger partial charge on any atom is 0.243 e. The van der Waals surface area contributed by atoms with Gasteiger partial charge in [0.25, 0.3) is 0 Å². The van der Waals surface area contributed by atoms with Crippen LogP contribution in [0.4, 0.5) is 0 Å². The molecule has 1 N–H and O–H groups in total. The minimum absolute atomic E-state index is 0.0383. The fourth-order valence-corrected chi connectivity index (χ4v) is 2.85. The Hall–Kier alpha value is -2.04. The van der Waals surface area contributed by atoms with Crippen LogP contribution in [-0.4, -0.2) is 43.0 Å². The molecule has 1 aromatic carbocycles. The molecule has 0 saturated carbocycles. The van der Waals surface area contributed by atoms with Gasteiger partial charge >= 0.3 is 0 Å². The average Bonchev–Trinajstić information content (AvgIpc) is 2.52. The number of aryl methyl sites for hydroxylation is 1. The molecule has 0 spiro atoms. The molecule has 0 bridgehead atoms. The van der Waals surface area contributed by atoms with Gasteiger partial charge in [-0.05, 0) is 30.0 Å². The van der Waals surface area contributed by atoms with Crippen LogP contribution in [0.5, 0.6) is 5.75 Å². The van der Waals surface area contributed by atoms with Gasteiger partial charge in [0.15, 0.2) is 0 Å². The van der Waals surface area contributed by atoms with Crippen molar-refractivity contribution in [2.45, 2.75) is 32.7 Å². The lowest BCUT2D eigenvalue weighted by atomic mass is 9.98. The summed E-state index contributed by atoms with van der Waals surface area (Å²) in [6.07, 6.45) is 1.06. The Morgan fingerprint density at radius 3 is 2.91 bits per heavy atom. The first-order valence-electron chi connectivity index (χ1n) is 7.73. The second-order valence-corrected chi connectivity index (χ2v) is 5.92. The second kappa shape index (κ2) is 7.29. The van der Waals surface area contributed by atoms with Crippen LogP contribution in [0.3, 0.4) is 0 Å². The maximum atomic E-state index is 12.5. The molecule has 22 heavy (non-hydrogen) atoms. The van der Waals surface area contributed by atoms with Crippen molar-refractivity contribution in [3.8, 4) is 5.75 Å². The first-order chi connectivity index (χ1) is 10.5. The second-order valence-electron chi connectivity index (χ2n) is 5.92. The van der Waals surface area contributed by atoms with Crippen molar-refractivity contribution in [3.05, 3.63) is 29.8 Å². The molecule has 1 aromatic rings. The van der Waals surface area contributed by atoms with Gasteiger partial charge in [0, 0.05) is 19.5 Å². The van der Waals surface area contributed by atoms with E-state index in [4.69, 9.17) is 4.74 Å². The Labute approximate surface area is 131 Å². The van der Waals surface area contributed by atoms with Crippen LogP contribution in [-0.2, 0) is 16.0 Å². The maximum absolute atomic E-state index is 12.5. The smallest absolute Gasteiger partial charge is 0.243 e. The number of nitrogens with zero attached hydrogens (tertiary/aromatic N) is 1. The molecule has 1 aliphatic rings. The molecule has 0 radical (unpaired) electrons. The summed E-state index contributed by atoms with van der Waals surface area (Å²) < 4.78 is 5.19. The topological polar surface area (TPSA) is 58.6 Å². The zero-order valence-electron chi connectivity index (χ0n) is 13.5.